The van der Waals surface area contributed by atoms with Crippen LogP contribution in [0.5, 0.6) is 0 Å². The highest BCUT2D eigenvalue weighted by molar-refractivity contribution is 6.01. The molecule has 1 atom stereocenters. The standard InChI is InChI=1S/C22H17N3O/c26-22(18-11-5-2-6-12-18)21(16-15-17-9-3-1-4-10-17)25-20-14-8-7-13-19(20)23-24-25/h1-16,21H. The van der Waals surface area contributed by atoms with E-state index in [1.807, 2.05) is 97.1 Å². The van der Waals surface area contributed by atoms with Crippen LogP contribution in [0.4, 0.5) is 0 Å². The Kier molecular flexibility index (Phi) is 4.39. The van der Waals surface area contributed by atoms with E-state index in [1.165, 1.54) is 0 Å². The molecule has 4 aromatic rings. The third-order valence-electron chi connectivity index (χ3n) is 4.24. The topological polar surface area (TPSA) is 47.8 Å². The van der Waals surface area contributed by atoms with Crippen molar-refractivity contribution in [3.05, 3.63) is 102 Å². The molecular weight excluding hydrogens is 322 g/mol. The predicted molar refractivity (Wildman–Crippen MR) is 103 cm³/mol. The van der Waals surface area contributed by atoms with Crippen molar-refractivity contribution >= 4 is 22.9 Å². The first-order chi connectivity index (χ1) is 12.8. The van der Waals surface area contributed by atoms with Crippen LogP contribution in [0.15, 0.2) is 91.0 Å². The first-order valence-corrected chi connectivity index (χ1v) is 8.45. The maximum Gasteiger partial charge on any atom is 0.191 e. The molecule has 0 radical (unpaired) electrons. The Morgan fingerprint density at radius 1 is 0.846 bits per heavy atom. The van der Waals surface area contributed by atoms with Gasteiger partial charge in [0.25, 0.3) is 0 Å². The SMILES string of the molecule is O=C(c1ccccc1)C(C=Cc1ccccc1)n1nnc2ccccc21. The second kappa shape index (κ2) is 7.15. The Bertz CT molecular complexity index is 1050. The van der Waals surface area contributed by atoms with Gasteiger partial charge in [0.05, 0.1) is 5.52 Å². The average molecular weight is 339 g/mol. The van der Waals surface area contributed by atoms with Crippen LogP contribution in [0.3, 0.4) is 0 Å². The summed E-state index contributed by atoms with van der Waals surface area (Å²) in [6, 6.07) is 26.3. The lowest BCUT2D eigenvalue weighted by molar-refractivity contribution is 0.0945. The molecule has 0 bridgehead atoms. The number of rotatable bonds is 5. The van der Waals surface area contributed by atoms with Crippen molar-refractivity contribution in [3.8, 4) is 0 Å². The highest BCUT2D eigenvalue weighted by Crippen LogP contribution is 2.22. The van der Waals surface area contributed by atoms with E-state index in [-0.39, 0.29) is 5.78 Å². The van der Waals surface area contributed by atoms with E-state index in [2.05, 4.69) is 10.3 Å². The van der Waals surface area contributed by atoms with Crippen molar-refractivity contribution in [2.24, 2.45) is 0 Å². The summed E-state index contributed by atoms with van der Waals surface area (Å²) in [5.74, 6) is -0.0200. The number of carbonyl (C=O) groups is 1. The normalized spacial score (nSPS) is 12.5. The minimum atomic E-state index is -0.565. The van der Waals surface area contributed by atoms with E-state index in [4.69, 9.17) is 0 Å². The minimum absolute atomic E-state index is 0.0200. The fourth-order valence-electron chi connectivity index (χ4n) is 2.91. The minimum Gasteiger partial charge on any atom is -0.291 e. The van der Waals surface area contributed by atoms with E-state index < -0.39 is 6.04 Å². The summed E-state index contributed by atoms with van der Waals surface area (Å²) in [7, 11) is 0. The Labute approximate surface area is 151 Å². The third kappa shape index (κ3) is 3.17. The van der Waals surface area contributed by atoms with E-state index in [9.17, 15) is 4.79 Å². The molecule has 0 aliphatic rings. The zero-order chi connectivity index (χ0) is 17.8. The molecular formula is C22H17N3O. The predicted octanol–water partition coefficient (Wildman–Crippen LogP) is 4.57. The molecule has 0 N–H and O–H groups in total. The number of para-hydroxylation sites is 1. The largest absolute Gasteiger partial charge is 0.291 e. The lowest BCUT2D eigenvalue weighted by atomic mass is 10.0. The second-order valence-corrected chi connectivity index (χ2v) is 5.97. The van der Waals surface area contributed by atoms with Gasteiger partial charge in [0.15, 0.2) is 5.78 Å². The van der Waals surface area contributed by atoms with Gasteiger partial charge in [-0.1, -0.05) is 90.2 Å². The highest BCUT2D eigenvalue weighted by Gasteiger charge is 2.22. The summed E-state index contributed by atoms with van der Waals surface area (Å²) in [6.07, 6.45) is 3.83. The second-order valence-electron chi connectivity index (χ2n) is 5.97. The van der Waals surface area contributed by atoms with Crippen LogP contribution in [0.25, 0.3) is 17.1 Å². The Morgan fingerprint density at radius 3 is 2.27 bits per heavy atom. The maximum absolute atomic E-state index is 13.2. The van der Waals surface area contributed by atoms with Gasteiger partial charge in [0, 0.05) is 5.56 Å². The smallest absolute Gasteiger partial charge is 0.191 e. The molecule has 0 saturated heterocycles. The number of allylic oxidation sites excluding steroid dienone is 1. The molecule has 1 unspecified atom stereocenters. The summed E-state index contributed by atoms with van der Waals surface area (Å²) >= 11 is 0. The molecule has 4 nitrogen and oxygen atoms in total. The van der Waals surface area contributed by atoms with Crippen molar-refractivity contribution in [3.63, 3.8) is 0 Å². The van der Waals surface area contributed by atoms with E-state index in [0.717, 1.165) is 16.6 Å². The van der Waals surface area contributed by atoms with Crippen LogP contribution in [-0.2, 0) is 0 Å². The van der Waals surface area contributed by atoms with E-state index in [1.54, 1.807) is 4.68 Å². The Morgan fingerprint density at radius 2 is 1.50 bits per heavy atom. The van der Waals surface area contributed by atoms with Gasteiger partial charge in [-0.15, -0.1) is 5.10 Å². The van der Waals surface area contributed by atoms with Crippen LogP contribution in [0, 0.1) is 0 Å². The molecule has 0 amide bonds. The fraction of sp³-hybridized carbons (Fsp3) is 0.0455. The van der Waals surface area contributed by atoms with Crippen molar-refractivity contribution in [1.29, 1.82) is 0 Å². The number of hydrogen-bond donors (Lipinski definition) is 0. The number of Topliss-reactive ketones (excluding diaryl/α,β-unsaturated/α-hetero) is 1. The van der Waals surface area contributed by atoms with Gasteiger partial charge in [-0.3, -0.25) is 4.79 Å². The lowest BCUT2D eigenvalue weighted by Gasteiger charge is -2.13. The number of benzene rings is 3. The molecule has 3 aromatic carbocycles. The summed E-state index contributed by atoms with van der Waals surface area (Å²) < 4.78 is 1.68. The van der Waals surface area contributed by atoms with Gasteiger partial charge in [-0.25, -0.2) is 4.68 Å². The molecule has 1 heterocycles. The molecule has 126 valence electrons. The molecule has 0 aliphatic carbocycles. The molecule has 0 spiro atoms. The van der Waals surface area contributed by atoms with Crippen LogP contribution in [0.2, 0.25) is 0 Å². The molecule has 0 saturated carbocycles. The number of aromatic nitrogens is 3. The third-order valence-corrected chi connectivity index (χ3v) is 4.24. The highest BCUT2D eigenvalue weighted by atomic mass is 16.1. The lowest BCUT2D eigenvalue weighted by Crippen LogP contribution is -2.19. The summed E-state index contributed by atoms with van der Waals surface area (Å²) in [4.78, 5) is 13.2. The van der Waals surface area contributed by atoms with Crippen LogP contribution < -0.4 is 0 Å². The van der Waals surface area contributed by atoms with Crippen molar-refractivity contribution in [2.75, 3.05) is 0 Å². The zero-order valence-electron chi connectivity index (χ0n) is 14.1. The number of nitrogens with zero attached hydrogens (tertiary/aromatic N) is 3. The Balaban J connectivity index is 1.79. The zero-order valence-corrected chi connectivity index (χ0v) is 14.1. The van der Waals surface area contributed by atoms with Gasteiger partial charge in [-0.05, 0) is 17.7 Å². The van der Waals surface area contributed by atoms with Crippen LogP contribution in [-0.4, -0.2) is 20.8 Å². The van der Waals surface area contributed by atoms with Gasteiger partial charge >= 0.3 is 0 Å². The average Bonchev–Trinajstić information content (AvgIpc) is 3.13. The van der Waals surface area contributed by atoms with Crippen molar-refractivity contribution in [1.82, 2.24) is 15.0 Å². The number of hydrogen-bond acceptors (Lipinski definition) is 3. The molecule has 0 aliphatic heterocycles. The van der Waals surface area contributed by atoms with Gasteiger partial charge in [0.2, 0.25) is 0 Å². The summed E-state index contributed by atoms with van der Waals surface area (Å²) in [5, 5.41) is 8.45. The summed E-state index contributed by atoms with van der Waals surface area (Å²) in [5.41, 5.74) is 3.28. The first kappa shape index (κ1) is 16.0. The quantitative estimate of drug-likeness (QED) is 0.501. The van der Waals surface area contributed by atoms with Crippen LogP contribution in [0.1, 0.15) is 22.0 Å². The fourth-order valence-corrected chi connectivity index (χ4v) is 2.91. The molecule has 4 rings (SSSR count). The van der Waals surface area contributed by atoms with E-state index >= 15 is 0 Å². The monoisotopic (exact) mass is 339 g/mol. The number of carbonyl (C=O) groups excluding carboxylic acids is 1. The van der Waals surface area contributed by atoms with Gasteiger partial charge in [0.1, 0.15) is 11.6 Å². The number of ketones is 1. The molecule has 0 fully saturated rings. The van der Waals surface area contributed by atoms with Gasteiger partial charge in [-0.2, -0.15) is 0 Å². The van der Waals surface area contributed by atoms with Gasteiger partial charge < -0.3 is 0 Å². The van der Waals surface area contributed by atoms with E-state index in [0.29, 0.717) is 5.56 Å². The number of fused-ring (bicyclic) bond motifs is 1. The first-order valence-electron chi connectivity index (χ1n) is 8.45. The van der Waals surface area contributed by atoms with Crippen molar-refractivity contribution < 1.29 is 4.79 Å². The molecule has 26 heavy (non-hydrogen) atoms. The van der Waals surface area contributed by atoms with Crippen molar-refractivity contribution in [2.45, 2.75) is 6.04 Å². The Hall–Kier alpha value is -3.53. The maximum atomic E-state index is 13.2. The van der Waals surface area contributed by atoms with Crippen LogP contribution >= 0.6 is 0 Å². The molecule has 4 heteroatoms. The molecule has 1 aromatic heterocycles. The summed E-state index contributed by atoms with van der Waals surface area (Å²) in [6.45, 7) is 0.